The van der Waals surface area contributed by atoms with Crippen molar-refractivity contribution in [1.29, 1.82) is 0 Å². The van der Waals surface area contributed by atoms with Crippen molar-refractivity contribution in [2.24, 2.45) is 0 Å². The van der Waals surface area contributed by atoms with Crippen molar-refractivity contribution in [1.82, 2.24) is 15.6 Å². The van der Waals surface area contributed by atoms with E-state index >= 15 is 0 Å². The number of carbonyl (C=O) groups is 2. The van der Waals surface area contributed by atoms with Gasteiger partial charge in [0.05, 0.1) is 6.61 Å². The minimum Gasteiger partial charge on any atom is -0.394 e. The van der Waals surface area contributed by atoms with Crippen LogP contribution < -0.4 is 10.6 Å². The SMILES string of the molecule is O=C1NC(Cc2c[nH]c3ccccc23)C(=O)NC1CO. The van der Waals surface area contributed by atoms with E-state index in [1.165, 1.54) is 0 Å². The van der Waals surface area contributed by atoms with Gasteiger partial charge < -0.3 is 20.7 Å². The lowest BCUT2D eigenvalue weighted by molar-refractivity contribution is -0.137. The van der Waals surface area contributed by atoms with Crippen LogP contribution in [0, 0.1) is 0 Å². The number of nitrogens with one attached hydrogen (secondary N) is 3. The van der Waals surface area contributed by atoms with E-state index in [0.717, 1.165) is 16.5 Å². The molecular weight excluding hydrogens is 258 g/mol. The van der Waals surface area contributed by atoms with Gasteiger partial charge in [-0.2, -0.15) is 0 Å². The molecule has 2 atom stereocenters. The predicted octanol–water partition coefficient (Wildman–Crippen LogP) is -0.314. The second-order valence-electron chi connectivity index (χ2n) is 4.87. The van der Waals surface area contributed by atoms with Gasteiger partial charge in [-0.05, 0) is 11.6 Å². The average Bonchev–Trinajstić information content (AvgIpc) is 2.86. The summed E-state index contributed by atoms with van der Waals surface area (Å²) in [5.74, 6) is -0.620. The van der Waals surface area contributed by atoms with Crippen LogP contribution in [0.3, 0.4) is 0 Å². The fourth-order valence-corrected chi connectivity index (χ4v) is 2.47. The third-order valence-corrected chi connectivity index (χ3v) is 3.55. The van der Waals surface area contributed by atoms with Gasteiger partial charge in [-0.25, -0.2) is 0 Å². The van der Waals surface area contributed by atoms with Gasteiger partial charge in [0, 0.05) is 23.5 Å². The number of aromatic nitrogens is 1. The summed E-state index contributed by atoms with van der Waals surface area (Å²) in [5.41, 5.74) is 1.97. The molecular formula is C14H15N3O3. The number of hydrogen-bond donors (Lipinski definition) is 4. The zero-order valence-electron chi connectivity index (χ0n) is 10.7. The lowest BCUT2D eigenvalue weighted by Gasteiger charge is -2.28. The van der Waals surface area contributed by atoms with Crippen molar-refractivity contribution in [3.05, 3.63) is 36.0 Å². The summed E-state index contributed by atoms with van der Waals surface area (Å²) in [6.45, 7) is -0.391. The Morgan fingerprint density at radius 1 is 1.05 bits per heavy atom. The summed E-state index contributed by atoms with van der Waals surface area (Å²) in [6.07, 6.45) is 2.27. The Labute approximate surface area is 115 Å². The summed E-state index contributed by atoms with van der Waals surface area (Å²) < 4.78 is 0. The highest BCUT2D eigenvalue weighted by molar-refractivity contribution is 5.97. The van der Waals surface area contributed by atoms with Crippen molar-refractivity contribution in [2.45, 2.75) is 18.5 Å². The molecule has 0 saturated carbocycles. The third kappa shape index (κ3) is 2.14. The molecule has 1 aromatic carbocycles. The van der Waals surface area contributed by atoms with Crippen LogP contribution in [0.1, 0.15) is 5.56 Å². The molecule has 6 heteroatoms. The van der Waals surface area contributed by atoms with Crippen molar-refractivity contribution >= 4 is 22.7 Å². The van der Waals surface area contributed by atoms with Gasteiger partial charge >= 0.3 is 0 Å². The number of para-hydroxylation sites is 1. The number of fused-ring (bicyclic) bond motifs is 1. The third-order valence-electron chi connectivity index (χ3n) is 3.55. The van der Waals surface area contributed by atoms with Crippen LogP contribution >= 0.6 is 0 Å². The highest BCUT2D eigenvalue weighted by Gasteiger charge is 2.33. The van der Waals surface area contributed by atoms with Crippen LogP contribution in [-0.4, -0.2) is 40.6 Å². The molecule has 104 valence electrons. The van der Waals surface area contributed by atoms with E-state index in [2.05, 4.69) is 15.6 Å². The van der Waals surface area contributed by atoms with Crippen LogP contribution in [0.4, 0.5) is 0 Å². The zero-order valence-corrected chi connectivity index (χ0v) is 10.7. The predicted molar refractivity (Wildman–Crippen MR) is 72.9 cm³/mol. The van der Waals surface area contributed by atoms with Gasteiger partial charge in [0.2, 0.25) is 11.8 Å². The van der Waals surface area contributed by atoms with Crippen molar-refractivity contribution in [3.8, 4) is 0 Å². The second-order valence-corrected chi connectivity index (χ2v) is 4.87. The number of rotatable bonds is 3. The van der Waals surface area contributed by atoms with E-state index in [4.69, 9.17) is 5.11 Å². The number of hydrogen-bond acceptors (Lipinski definition) is 3. The van der Waals surface area contributed by atoms with Gasteiger partial charge in [-0.3, -0.25) is 9.59 Å². The largest absolute Gasteiger partial charge is 0.394 e. The molecule has 0 aliphatic carbocycles. The number of piperazine rings is 1. The summed E-state index contributed by atoms with van der Waals surface area (Å²) in [5, 5.41) is 15.2. The first kappa shape index (κ1) is 12.7. The summed E-state index contributed by atoms with van der Waals surface area (Å²) >= 11 is 0. The second kappa shape index (κ2) is 4.97. The lowest BCUT2D eigenvalue weighted by Crippen LogP contribution is -2.63. The van der Waals surface area contributed by atoms with Crippen LogP contribution in [0.5, 0.6) is 0 Å². The van der Waals surface area contributed by atoms with Gasteiger partial charge in [-0.15, -0.1) is 0 Å². The van der Waals surface area contributed by atoms with Gasteiger partial charge in [0.25, 0.3) is 0 Å². The molecule has 0 radical (unpaired) electrons. The molecule has 2 heterocycles. The maximum Gasteiger partial charge on any atom is 0.245 e. The highest BCUT2D eigenvalue weighted by atomic mass is 16.3. The van der Waals surface area contributed by atoms with Crippen LogP contribution in [0.25, 0.3) is 10.9 Å². The number of amides is 2. The molecule has 1 fully saturated rings. The normalized spacial score (nSPS) is 22.6. The van der Waals surface area contributed by atoms with Crippen LogP contribution in [-0.2, 0) is 16.0 Å². The monoisotopic (exact) mass is 273 g/mol. The molecule has 1 saturated heterocycles. The average molecular weight is 273 g/mol. The topological polar surface area (TPSA) is 94.2 Å². The molecule has 1 aliphatic heterocycles. The molecule has 2 aromatic rings. The molecule has 0 bridgehead atoms. The maximum absolute atomic E-state index is 11.9. The molecule has 3 rings (SSSR count). The maximum atomic E-state index is 11.9. The summed E-state index contributed by atoms with van der Waals surface area (Å²) in [7, 11) is 0. The van der Waals surface area contributed by atoms with Crippen LogP contribution in [0.15, 0.2) is 30.5 Å². The Hall–Kier alpha value is -2.34. The molecule has 1 aromatic heterocycles. The van der Waals surface area contributed by atoms with Gasteiger partial charge in [0.15, 0.2) is 0 Å². The Kier molecular flexibility index (Phi) is 3.15. The standard InChI is InChI=1S/C14H15N3O3/c18-7-12-14(20)16-11(13(19)17-12)5-8-6-15-10-4-2-1-3-9(8)10/h1-4,6,11-12,15,18H,5,7H2,(H,16,20)(H,17,19). The first-order valence-electron chi connectivity index (χ1n) is 6.45. The minimum absolute atomic E-state index is 0.270. The number of aliphatic hydroxyl groups excluding tert-OH is 1. The Balaban J connectivity index is 1.81. The molecule has 4 N–H and O–H groups in total. The van der Waals surface area contributed by atoms with E-state index in [1.54, 1.807) is 0 Å². The van der Waals surface area contributed by atoms with Crippen LogP contribution in [0.2, 0.25) is 0 Å². The zero-order chi connectivity index (χ0) is 14.1. The molecule has 20 heavy (non-hydrogen) atoms. The van der Waals surface area contributed by atoms with Crippen molar-refractivity contribution in [3.63, 3.8) is 0 Å². The van der Waals surface area contributed by atoms with Crippen molar-refractivity contribution < 1.29 is 14.7 Å². The summed E-state index contributed by atoms with van der Waals surface area (Å²) in [6, 6.07) is 6.34. The van der Waals surface area contributed by atoms with Gasteiger partial charge in [-0.1, -0.05) is 18.2 Å². The van der Waals surface area contributed by atoms with Crippen molar-refractivity contribution in [2.75, 3.05) is 6.61 Å². The van der Waals surface area contributed by atoms with E-state index in [1.807, 2.05) is 30.5 Å². The quantitative estimate of drug-likeness (QED) is 0.617. The Bertz CT molecular complexity index is 664. The summed E-state index contributed by atoms with van der Waals surface area (Å²) in [4.78, 5) is 26.7. The Morgan fingerprint density at radius 3 is 2.55 bits per heavy atom. The molecule has 2 unspecified atom stereocenters. The molecule has 0 spiro atoms. The van der Waals surface area contributed by atoms with Gasteiger partial charge in [0.1, 0.15) is 12.1 Å². The number of aromatic amines is 1. The fourth-order valence-electron chi connectivity index (χ4n) is 2.47. The number of H-pyrrole nitrogens is 1. The fraction of sp³-hybridized carbons (Fsp3) is 0.286. The van der Waals surface area contributed by atoms with E-state index in [-0.39, 0.29) is 11.8 Å². The first-order valence-corrected chi connectivity index (χ1v) is 6.45. The number of aliphatic hydroxyl groups is 1. The van der Waals surface area contributed by atoms with E-state index in [9.17, 15) is 9.59 Å². The van der Waals surface area contributed by atoms with E-state index in [0.29, 0.717) is 6.42 Å². The Morgan fingerprint density at radius 2 is 1.75 bits per heavy atom. The molecule has 1 aliphatic rings. The number of carbonyl (C=O) groups excluding carboxylic acids is 2. The number of benzene rings is 1. The van der Waals surface area contributed by atoms with E-state index < -0.39 is 18.7 Å². The minimum atomic E-state index is -0.846. The molecule has 2 amide bonds. The molecule has 6 nitrogen and oxygen atoms in total. The lowest BCUT2D eigenvalue weighted by atomic mass is 10.0. The first-order chi connectivity index (χ1) is 9.69. The highest BCUT2D eigenvalue weighted by Crippen LogP contribution is 2.19. The smallest absolute Gasteiger partial charge is 0.245 e.